The zero-order valence-corrected chi connectivity index (χ0v) is 14.2. The van der Waals surface area contributed by atoms with Crippen molar-refractivity contribution in [3.8, 4) is 0 Å². The molecule has 1 aliphatic heterocycles. The van der Waals surface area contributed by atoms with Gasteiger partial charge in [0.1, 0.15) is 0 Å². The number of imide groups is 1. The molecule has 0 unspecified atom stereocenters. The molecule has 1 saturated carbocycles. The third kappa shape index (κ3) is 2.15. The van der Waals surface area contributed by atoms with E-state index in [9.17, 15) is 9.59 Å². The quantitative estimate of drug-likeness (QED) is 0.535. The van der Waals surface area contributed by atoms with Crippen molar-refractivity contribution in [2.24, 2.45) is 11.8 Å². The number of anilines is 1. The van der Waals surface area contributed by atoms with Crippen molar-refractivity contribution in [1.29, 1.82) is 0 Å². The van der Waals surface area contributed by atoms with Crippen molar-refractivity contribution in [3.05, 3.63) is 29.8 Å². The Morgan fingerprint density at radius 1 is 1.00 bits per heavy atom. The second-order valence-corrected chi connectivity index (χ2v) is 7.87. The predicted octanol–water partition coefficient (Wildman–Crippen LogP) is 3.42. The van der Waals surface area contributed by atoms with E-state index in [4.69, 9.17) is 0 Å². The fourth-order valence-corrected chi connectivity index (χ4v) is 4.38. The van der Waals surface area contributed by atoms with E-state index in [1.54, 1.807) is 0 Å². The fraction of sp³-hybridized carbons (Fsp3) is 0.467. The third-order valence-corrected chi connectivity index (χ3v) is 7.00. The lowest BCUT2D eigenvalue weighted by Crippen LogP contribution is -2.34. The van der Waals surface area contributed by atoms with Gasteiger partial charge in [0, 0.05) is 9.65 Å². The Balaban J connectivity index is 1.97. The summed E-state index contributed by atoms with van der Waals surface area (Å²) >= 11 is 7.20. The van der Waals surface area contributed by atoms with Crippen LogP contribution < -0.4 is 4.90 Å². The molecule has 0 radical (unpaired) electrons. The van der Waals surface area contributed by atoms with Crippen molar-refractivity contribution < 1.29 is 9.59 Å². The Labute approximate surface area is 135 Å². The topological polar surface area (TPSA) is 37.4 Å². The minimum atomic E-state index is -0.180. The van der Waals surface area contributed by atoms with Crippen molar-refractivity contribution in [2.45, 2.75) is 29.4 Å². The largest absolute Gasteiger partial charge is 0.274 e. The van der Waals surface area contributed by atoms with E-state index >= 15 is 0 Å². The Morgan fingerprint density at radius 3 is 2.00 bits per heavy atom. The average molecular weight is 401 g/mol. The molecule has 4 atom stereocenters. The summed E-state index contributed by atoms with van der Waals surface area (Å²) in [4.78, 5) is 27.1. The Kier molecular flexibility index (Phi) is 3.75. The molecule has 3 nitrogen and oxygen atoms in total. The second kappa shape index (κ2) is 5.26. The molecule has 0 spiro atoms. The highest BCUT2D eigenvalue weighted by Gasteiger charge is 2.52. The molecule has 3 rings (SSSR count). The number of hydrogen-bond acceptors (Lipinski definition) is 2. The molecule has 0 bridgehead atoms. The maximum absolute atomic E-state index is 12.6. The van der Waals surface area contributed by atoms with Gasteiger partial charge in [0.05, 0.1) is 17.5 Å². The number of rotatable bonds is 1. The van der Waals surface area contributed by atoms with Crippen molar-refractivity contribution in [3.63, 3.8) is 0 Å². The van der Waals surface area contributed by atoms with E-state index < -0.39 is 0 Å². The first-order valence-corrected chi connectivity index (χ1v) is 8.55. The summed E-state index contributed by atoms with van der Waals surface area (Å²) in [5, 5.41) is 0. The number of carbonyl (C=O) groups excluding carboxylic acids is 2. The predicted molar refractivity (Wildman–Crippen MR) is 85.3 cm³/mol. The van der Waals surface area contributed by atoms with Gasteiger partial charge >= 0.3 is 0 Å². The van der Waals surface area contributed by atoms with Crippen LogP contribution >= 0.6 is 31.9 Å². The van der Waals surface area contributed by atoms with Gasteiger partial charge in [-0.2, -0.15) is 0 Å². The highest BCUT2D eigenvalue weighted by Crippen LogP contribution is 2.44. The van der Waals surface area contributed by atoms with E-state index in [1.807, 2.05) is 31.2 Å². The smallest absolute Gasteiger partial charge is 0.237 e. The molecule has 20 heavy (non-hydrogen) atoms. The van der Waals surface area contributed by atoms with Gasteiger partial charge in [-0.05, 0) is 31.4 Å². The number of amides is 2. The van der Waals surface area contributed by atoms with Gasteiger partial charge < -0.3 is 0 Å². The second-order valence-electron chi connectivity index (χ2n) is 5.51. The molecule has 1 heterocycles. The highest BCUT2D eigenvalue weighted by atomic mass is 79.9. The molecule has 5 heteroatoms. The van der Waals surface area contributed by atoms with Crippen LogP contribution in [0.15, 0.2) is 24.3 Å². The van der Waals surface area contributed by atoms with Crippen molar-refractivity contribution >= 4 is 49.4 Å². The molecular weight excluding hydrogens is 386 g/mol. The highest BCUT2D eigenvalue weighted by molar-refractivity contribution is 9.12. The number of alkyl halides is 2. The normalized spacial score (nSPS) is 33.5. The minimum absolute atomic E-state index is 0.0434. The Bertz CT molecular complexity index is 547. The van der Waals surface area contributed by atoms with Gasteiger partial charge in [-0.15, -0.1) is 0 Å². The average Bonchev–Trinajstić information content (AvgIpc) is 2.64. The zero-order valence-electron chi connectivity index (χ0n) is 11.1. The number of aryl methyl sites for hydroxylation is 1. The van der Waals surface area contributed by atoms with E-state index in [0.29, 0.717) is 12.8 Å². The summed E-state index contributed by atoms with van der Waals surface area (Å²) in [6.07, 6.45) is 1.43. The number of fused-ring (bicyclic) bond motifs is 1. The number of para-hydroxylation sites is 1. The van der Waals surface area contributed by atoms with Crippen LogP contribution in [0.5, 0.6) is 0 Å². The van der Waals surface area contributed by atoms with E-state index in [1.165, 1.54) is 4.90 Å². The van der Waals surface area contributed by atoms with Gasteiger partial charge in [0.25, 0.3) is 0 Å². The number of halogens is 2. The van der Waals surface area contributed by atoms with E-state index in [0.717, 1.165) is 11.3 Å². The van der Waals surface area contributed by atoms with Crippen LogP contribution in [0.2, 0.25) is 0 Å². The molecule has 2 amide bonds. The number of benzene rings is 1. The SMILES string of the molecule is Cc1ccccc1N1C(=O)[C@H]2C[C@H](Br)[C@@H](Br)C[C@H]2C1=O. The summed E-state index contributed by atoms with van der Waals surface area (Å²) in [5.74, 6) is -0.447. The summed E-state index contributed by atoms with van der Waals surface area (Å²) in [5.41, 5.74) is 1.69. The standard InChI is InChI=1S/C15H15Br2NO2/c1-8-4-2-3-5-13(8)18-14(19)9-6-11(16)12(17)7-10(9)15(18)20/h2-5,9-12H,6-7H2,1H3/t9-,10+,11-,12-/m0/s1. The number of carbonyl (C=O) groups is 2. The lowest BCUT2D eigenvalue weighted by Gasteiger charge is -2.29. The van der Waals surface area contributed by atoms with Crippen LogP contribution in [-0.4, -0.2) is 21.5 Å². The van der Waals surface area contributed by atoms with Crippen LogP contribution in [-0.2, 0) is 9.59 Å². The molecule has 2 aliphatic rings. The van der Waals surface area contributed by atoms with Crippen LogP contribution in [0.1, 0.15) is 18.4 Å². The van der Waals surface area contributed by atoms with Gasteiger partial charge in [-0.1, -0.05) is 50.1 Å². The van der Waals surface area contributed by atoms with Crippen LogP contribution in [0.4, 0.5) is 5.69 Å². The van der Waals surface area contributed by atoms with Crippen molar-refractivity contribution in [1.82, 2.24) is 0 Å². The Hall–Kier alpha value is -0.680. The van der Waals surface area contributed by atoms with Crippen molar-refractivity contribution in [2.75, 3.05) is 4.90 Å². The van der Waals surface area contributed by atoms with Gasteiger partial charge in [0.15, 0.2) is 0 Å². The van der Waals surface area contributed by atoms with Gasteiger partial charge in [-0.25, -0.2) is 4.90 Å². The minimum Gasteiger partial charge on any atom is -0.274 e. The fourth-order valence-electron chi connectivity index (χ4n) is 3.15. The molecule has 1 aromatic rings. The summed E-state index contributed by atoms with van der Waals surface area (Å²) < 4.78 is 0. The molecule has 1 aromatic carbocycles. The summed E-state index contributed by atoms with van der Waals surface area (Å²) in [6.45, 7) is 1.93. The molecule has 2 fully saturated rings. The maximum Gasteiger partial charge on any atom is 0.237 e. The van der Waals surface area contributed by atoms with Gasteiger partial charge in [0.2, 0.25) is 11.8 Å². The first kappa shape index (κ1) is 14.3. The zero-order chi connectivity index (χ0) is 14.4. The monoisotopic (exact) mass is 399 g/mol. The Morgan fingerprint density at radius 2 is 1.50 bits per heavy atom. The summed E-state index contributed by atoms with van der Waals surface area (Å²) in [6, 6.07) is 7.56. The molecule has 1 saturated heterocycles. The molecule has 106 valence electrons. The number of hydrogen-bond donors (Lipinski definition) is 0. The molecule has 0 aromatic heterocycles. The first-order valence-electron chi connectivity index (χ1n) is 6.72. The van der Waals surface area contributed by atoms with Crippen LogP contribution in [0, 0.1) is 18.8 Å². The molecule has 0 N–H and O–H groups in total. The first-order chi connectivity index (χ1) is 9.50. The third-order valence-electron chi connectivity index (χ3n) is 4.27. The lowest BCUT2D eigenvalue weighted by atomic mass is 9.81. The number of nitrogens with zero attached hydrogens (tertiary/aromatic N) is 1. The van der Waals surface area contributed by atoms with Crippen LogP contribution in [0.3, 0.4) is 0 Å². The summed E-state index contributed by atoms with van der Waals surface area (Å²) in [7, 11) is 0. The van der Waals surface area contributed by atoms with E-state index in [2.05, 4.69) is 31.9 Å². The van der Waals surface area contributed by atoms with Gasteiger partial charge in [-0.3, -0.25) is 9.59 Å². The van der Waals surface area contributed by atoms with Crippen LogP contribution in [0.25, 0.3) is 0 Å². The molecular formula is C15H15Br2NO2. The van der Waals surface area contributed by atoms with E-state index in [-0.39, 0.29) is 33.3 Å². The lowest BCUT2D eigenvalue weighted by molar-refractivity contribution is -0.122. The maximum atomic E-state index is 12.6. The molecule has 1 aliphatic carbocycles.